The average molecular weight is 239 g/mol. The maximum atomic E-state index is 12.2. The summed E-state index contributed by atoms with van der Waals surface area (Å²) in [5.74, 6) is 0.223. The number of hydrogen-bond donors (Lipinski definition) is 1. The Labute approximate surface area is 102 Å². The first kappa shape index (κ1) is 12.2. The van der Waals surface area contributed by atoms with E-state index in [1.54, 1.807) is 0 Å². The smallest absolute Gasteiger partial charge is 0.320 e. The first-order valence-corrected chi connectivity index (χ1v) is 6.51. The van der Waals surface area contributed by atoms with Crippen LogP contribution in [0.4, 0.5) is 4.79 Å². The van der Waals surface area contributed by atoms with Gasteiger partial charge in [-0.3, -0.25) is 0 Å². The van der Waals surface area contributed by atoms with Crippen molar-refractivity contribution in [1.29, 1.82) is 0 Å². The lowest BCUT2D eigenvalue weighted by molar-refractivity contribution is 0.153. The molecule has 2 fully saturated rings. The Balaban J connectivity index is 1.96. The van der Waals surface area contributed by atoms with Crippen molar-refractivity contribution in [3.63, 3.8) is 0 Å². The lowest BCUT2D eigenvalue weighted by Gasteiger charge is -2.35. The zero-order chi connectivity index (χ0) is 12.3. The normalized spacial score (nSPS) is 27.8. The van der Waals surface area contributed by atoms with Gasteiger partial charge in [-0.25, -0.2) is 4.79 Å². The van der Waals surface area contributed by atoms with Crippen molar-refractivity contribution < 1.29 is 10.0 Å². The van der Waals surface area contributed by atoms with E-state index in [9.17, 15) is 4.79 Å². The number of urea groups is 1. The number of rotatable bonds is 1. The van der Waals surface area contributed by atoms with Gasteiger partial charge in [0.15, 0.2) is 0 Å². The highest BCUT2D eigenvalue weighted by Crippen LogP contribution is 2.20. The summed E-state index contributed by atoms with van der Waals surface area (Å²) in [7, 11) is 0. The Morgan fingerprint density at radius 2 is 2.06 bits per heavy atom. The minimum Gasteiger partial charge on any atom is -0.411 e. The molecule has 1 unspecified atom stereocenters. The molecule has 96 valence electrons. The van der Waals surface area contributed by atoms with Crippen molar-refractivity contribution >= 4 is 11.7 Å². The van der Waals surface area contributed by atoms with E-state index in [1.807, 2.05) is 9.80 Å². The van der Waals surface area contributed by atoms with Crippen LogP contribution in [0.15, 0.2) is 5.16 Å². The van der Waals surface area contributed by atoms with Crippen molar-refractivity contribution in [3.05, 3.63) is 0 Å². The Morgan fingerprint density at radius 1 is 1.35 bits per heavy atom. The van der Waals surface area contributed by atoms with E-state index >= 15 is 0 Å². The summed E-state index contributed by atoms with van der Waals surface area (Å²) in [5.41, 5.74) is 0.845. The highest BCUT2D eigenvalue weighted by Gasteiger charge is 2.30. The number of amides is 2. The van der Waals surface area contributed by atoms with Gasteiger partial charge < -0.3 is 15.0 Å². The molecule has 2 amide bonds. The molecule has 1 N–H and O–H groups in total. The van der Waals surface area contributed by atoms with Gasteiger partial charge in [0, 0.05) is 38.5 Å². The van der Waals surface area contributed by atoms with Crippen LogP contribution in [0.25, 0.3) is 0 Å². The fourth-order valence-corrected chi connectivity index (χ4v) is 2.69. The Morgan fingerprint density at radius 3 is 2.65 bits per heavy atom. The molecular formula is C12H21N3O2. The number of piperidine rings is 1. The molecule has 5 heteroatoms. The monoisotopic (exact) mass is 239 g/mol. The molecule has 17 heavy (non-hydrogen) atoms. The van der Waals surface area contributed by atoms with Crippen LogP contribution in [0, 0.1) is 5.92 Å². The Kier molecular flexibility index (Phi) is 3.86. The average Bonchev–Trinajstić information content (AvgIpc) is 2.90. The van der Waals surface area contributed by atoms with E-state index in [4.69, 9.17) is 5.21 Å². The molecule has 1 atom stereocenters. The van der Waals surface area contributed by atoms with Gasteiger partial charge >= 0.3 is 6.03 Å². The maximum absolute atomic E-state index is 12.2. The van der Waals surface area contributed by atoms with Crippen LogP contribution in [0.3, 0.4) is 0 Å². The summed E-state index contributed by atoms with van der Waals surface area (Å²) in [6.07, 6.45) is 3.87. The van der Waals surface area contributed by atoms with E-state index in [2.05, 4.69) is 12.1 Å². The number of hydrogen-bond acceptors (Lipinski definition) is 3. The third-order valence-corrected chi connectivity index (χ3v) is 3.82. The first-order valence-electron chi connectivity index (χ1n) is 6.51. The van der Waals surface area contributed by atoms with Crippen LogP contribution in [0.5, 0.6) is 0 Å². The summed E-state index contributed by atoms with van der Waals surface area (Å²) in [6.45, 7) is 5.25. The largest absolute Gasteiger partial charge is 0.411 e. The fraction of sp³-hybridized carbons (Fsp3) is 0.833. The predicted octanol–water partition coefficient (Wildman–Crippen LogP) is 1.76. The third-order valence-electron chi connectivity index (χ3n) is 3.82. The van der Waals surface area contributed by atoms with Gasteiger partial charge in [-0.2, -0.15) is 0 Å². The predicted molar refractivity (Wildman–Crippen MR) is 65.4 cm³/mol. The van der Waals surface area contributed by atoms with Crippen LogP contribution in [0.1, 0.15) is 32.6 Å². The maximum Gasteiger partial charge on any atom is 0.320 e. The third kappa shape index (κ3) is 2.53. The summed E-state index contributed by atoms with van der Waals surface area (Å²) in [5, 5.41) is 12.3. The first-order chi connectivity index (χ1) is 8.26. The lowest BCUT2D eigenvalue weighted by Crippen LogP contribution is -2.49. The summed E-state index contributed by atoms with van der Waals surface area (Å²) < 4.78 is 0. The van der Waals surface area contributed by atoms with Gasteiger partial charge in [0.05, 0.1) is 5.71 Å². The highest BCUT2D eigenvalue weighted by atomic mass is 16.4. The molecule has 2 saturated heterocycles. The molecular weight excluding hydrogens is 218 g/mol. The highest BCUT2D eigenvalue weighted by molar-refractivity contribution is 5.89. The van der Waals surface area contributed by atoms with Gasteiger partial charge in [-0.05, 0) is 19.3 Å². The Bertz CT molecular complexity index is 311. The van der Waals surface area contributed by atoms with Crippen LogP contribution in [-0.2, 0) is 0 Å². The van der Waals surface area contributed by atoms with Crippen LogP contribution in [0.2, 0.25) is 0 Å². The quantitative estimate of drug-likeness (QED) is 0.560. The molecule has 2 rings (SSSR count). The molecule has 5 nitrogen and oxygen atoms in total. The number of oxime groups is 1. The second-order valence-electron chi connectivity index (χ2n) is 4.87. The topological polar surface area (TPSA) is 56.1 Å². The summed E-state index contributed by atoms with van der Waals surface area (Å²) >= 11 is 0. The van der Waals surface area contributed by atoms with Gasteiger partial charge in [-0.1, -0.05) is 12.1 Å². The minimum absolute atomic E-state index is 0.165. The number of nitrogens with zero attached hydrogens (tertiary/aromatic N) is 3. The molecule has 0 bridgehead atoms. The van der Waals surface area contributed by atoms with Crippen molar-refractivity contribution in [2.24, 2.45) is 11.1 Å². The van der Waals surface area contributed by atoms with E-state index in [0.717, 1.165) is 38.1 Å². The Hall–Kier alpha value is -1.26. The SMILES string of the molecule is CCC1CN(C(=O)N2CCCC2)CCC1=NO. The molecule has 0 radical (unpaired) electrons. The van der Waals surface area contributed by atoms with Crippen molar-refractivity contribution in [2.75, 3.05) is 26.2 Å². The van der Waals surface area contributed by atoms with Crippen LogP contribution < -0.4 is 0 Å². The van der Waals surface area contributed by atoms with E-state index in [1.165, 1.54) is 0 Å². The summed E-state index contributed by atoms with van der Waals surface area (Å²) in [6, 6.07) is 0.165. The number of carbonyl (C=O) groups is 1. The molecule has 2 heterocycles. The molecule has 0 aromatic rings. The molecule has 0 aromatic carbocycles. The second kappa shape index (κ2) is 5.38. The van der Waals surface area contributed by atoms with Crippen LogP contribution >= 0.6 is 0 Å². The van der Waals surface area contributed by atoms with Gasteiger partial charge in [0.25, 0.3) is 0 Å². The van der Waals surface area contributed by atoms with Crippen molar-refractivity contribution in [2.45, 2.75) is 32.6 Å². The molecule has 0 aromatic heterocycles. The summed E-state index contributed by atoms with van der Waals surface area (Å²) in [4.78, 5) is 16.1. The van der Waals surface area contributed by atoms with E-state index in [0.29, 0.717) is 19.5 Å². The lowest BCUT2D eigenvalue weighted by atomic mass is 9.93. The molecule has 0 aliphatic carbocycles. The van der Waals surface area contributed by atoms with Crippen molar-refractivity contribution in [3.8, 4) is 0 Å². The molecule has 0 spiro atoms. The molecule has 2 aliphatic heterocycles. The van der Waals surface area contributed by atoms with Crippen molar-refractivity contribution in [1.82, 2.24) is 9.80 Å². The number of carbonyl (C=O) groups excluding carboxylic acids is 1. The molecule has 0 saturated carbocycles. The van der Waals surface area contributed by atoms with E-state index < -0.39 is 0 Å². The fourth-order valence-electron chi connectivity index (χ4n) is 2.69. The van der Waals surface area contributed by atoms with Gasteiger partial charge in [0.2, 0.25) is 0 Å². The standard InChI is InChI=1S/C12H21N3O2/c1-2-10-9-15(8-5-11(10)13-17)12(16)14-6-3-4-7-14/h10,17H,2-9H2,1H3. The van der Waals surface area contributed by atoms with Crippen LogP contribution in [-0.4, -0.2) is 52.9 Å². The van der Waals surface area contributed by atoms with Gasteiger partial charge in [-0.15, -0.1) is 0 Å². The zero-order valence-corrected chi connectivity index (χ0v) is 10.4. The molecule has 2 aliphatic rings. The zero-order valence-electron chi connectivity index (χ0n) is 10.4. The second-order valence-corrected chi connectivity index (χ2v) is 4.87. The van der Waals surface area contributed by atoms with E-state index in [-0.39, 0.29) is 11.9 Å². The van der Waals surface area contributed by atoms with Gasteiger partial charge in [0.1, 0.15) is 0 Å². The number of likely N-dealkylation sites (tertiary alicyclic amines) is 2. The minimum atomic E-state index is 0.165.